The van der Waals surface area contributed by atoms with Crippen LogP contribution in [-0.4, -0.2) is 14.5 Å². The molecule has 0 aliphatic carbocycles. The van der Waals surface area contributed by atoms with Crippen LogP contribution < -0.4 is 5.32 Å². The van der Waals surface area contributed by atoms with Gasteiger partial charge in [0.15, 0.2) is 0 Å². The predicted molar refractivity (Wildman–Crippen MR) is 89.2 cm³/mol. The van der Waals surface area contributed by atoms with Gasteiger partial charge < -0.3 is 5.32 Å². The topological polar surface area (TPSA) is 42.7 Å². The van der Waals surface area contributed by atoms with Crippen molar-refractivity contribution >= 4 is 5.69 Å². The second-order valence-corrected chi connectivity index (χ2v) is 5.31. The Kier molecular flexibility index (Phi) is 4.19. The minimum atomic E-state index is 0.773. The normalized spacial score (nSPS) is 10.6. The van der Waals surface area contributed by atoms with Crippen molar-refractivity contribution in [3.63, 3.8) is 0 Å². The van der Waals surface area contributed by atoms with E-state index in [0.29, 0.717) is 0 Å². The highest BCUT2D eigenvalue weighted by Crippen LogP contribution is 2.21. The largest absolute Gasteiger partial charge is 0.380 e. The molecule has 0 spiro atoms. The van der Waals surface area contributed by atoms with E-state index in [0.717, 1.165) is 24.3 Å². The van der Waals surface area contributed by atoms with Crippen molar-refractivity contribution in [2.45, 2.75) is 26.8 Å². The molecule has 0 fully saturated rings. The second-order valence-electron chi connectivity index (χ2n) is 5.31. The van der Waals surface area contributed by atoms with E-state index in [4.69, 9.17) is 0 Å². The molecule has 2 heterocycles. The lowest BCUT2D eigenvalue weighted by Crippen LogP contribution is -2.05. The highest BCUT2D eigenvalue weighted by Gasteiger charge is 2.04. The number of aryl methyl sites for hydroxylation is 2. The van der Waals surface area contributed by atoms with Crippen LogP contribution in [0, 0.1) is 6.92 Å². The number of rotatable bonds is 5. The Morgan fingerprint density at radius 2 is 2.09 bits per heavy atom. The Labute approximate surface area is 130 Å². The number of hydrogen-bond acceptors (Lipinski definition) is 3. The predicted octanol–water partition coefficient (Wildman–Crippen LogP) is 3.75. The molecule has 2 aromatic heterocycles. The number of pyridine rings is 1. The van der Waals surface area contributed by atoms with E-state index in [1.807, 2.05) is 23.0 Å². The Morgan fingerprint density at radius 3 is 2.77 bits per heavy atom. The van der Waals surface area contributed by atoms with Crippen LogP contribution in [0.5, 0.6) is 0 Å². The van der Waals surface area contributed by atoms with Crippen molar-refractivity contribution < 1.29 is 0 Å². The Hall–Kier alpha value is -2.62. The Balaban J connectivity index is 1.72. The molecule has 4 nitrogen and oxygen atoms in total. The average Bonchev–Trinajstić information content (AvgIpc) is 3.08. The van der Waals surface area contributed by atoms with Crippen molar-refractivity contribution in [2.24, 2.45) is 0 Å². The van der Waals surface area contributed by atoms with E-state index in [2.05, 4.69) is 53.4 Å². The molecule has 0 aliphatic rings. The molecule has 0 atom stereocenters. The van der Waals surface area contributed by atoms with Crippen LogP contribution in [0.15, 0.2) is 55.2 Å². The quantitative estimate of drug-likeness (QED) is 0.779. The molecule has 0 unspecified atom stereocenters. The summed E-state index contributed by atoms with van der Waals surface area (Å²) in [5.41, 5.74) is 5.03. The van der Waals surface area contributed by atoms with Crippen LogP contribution in [-0.2, 0) is 13.0 Å². The number of hydrogen-bond donors (Lipinski definition) is 1. The third kappa shape index (κ3) is 3.01. The monoisotopic (exact) mass is 292 g/mol. The highest BCUT2D eigenvalue weighted by atomic mass is 15.1. The van der Waals surface area contributed by atoms with Crippen molar-refractivity contribution in [3.8, 4) is 5.82 Å². The summed E-state index contributed by atoms with van der Waals surface area (Å²) >= 11 is 0. The first-order valence-electron chi connectivity index (χ1n) is 7.53. The van der Waals surface area contributed by atoms with Gasteiger partial charge in [0.1, 0.15) is 12.1 Å². The number of para-hydroxylation sites is 1. The number of anilines is 1. The Morgan fingerprint density at radius 1 is 1.18 bits per heavy atom. The maximum Gasteiger partial charge on any atom is 0.137 e. The molecule has 0 bridgehead atoms. The molecule has 0 radical (unpaired) electrons. The SMILES string of the molecule is CCc1cccc(C)c1NCc1ccc(-n2ccnc2)nc1. The van der Waals surface area contributed by atoms with Gasteiger partial charge in [-0.3, -0.25) is 4.57 Å². The minimum absolute atomic E-state index is 0.773. The summed E-state index contributed by atoms with van der Waals surface area (Å²) in [7, 11) is 0. The van der Waals surface area contributed by atoms with Gasteiger partial charge in [-0.1, -0.05) is 31.2 Å². The van der Waals surface area contributed by atoms with Gasteiger partial charge in [-0.25, -0.2) is 9.97 Å². The van der Waals surface area contributed by atoms with Crippen LogP contribution in [0.25, 0.3) is 5.82 Å². The van der Waals surface area contributed by atoms with Crippen LogP contribution in [0.3, 0.4) is 0 Å². The van der Waals surface area contributed by atoms with Crippen molar-refractivity contribution in [3.05, 3.63) is 71.9 Å². The maximum atomic E-state index is 4.48. The third-order valence-corrected chi connectivity index (χ3v) is 3.79. The van der Waals surface area contributed by atoms with Gasteiger partial charge in [-0.2, -0.15) is 0 Å². The first-order valence-corrected chi connectivity index (χ1v) is 7.53. The number of nitrogens with one attached hydrogen (secondary N) is 1. The summed E-state index contributed by atoms with van der Waals surface area (Å²) in [6.07, 6.45) is 8.33. The van der Waals surface area contributed by atoms with E-state index in [9.17, 15) is 0 Å². The molecule has 1 aromatic carbocycles. The minimum Gasteiger partial charge on any atom is -0.380 e. The third-order valence-electron chi connectivity index (χ3n) is 3.79. The molecule has 0 aliphatic heterocycles. The van der Waals surface area contributed by atoms with Crippen molar-refractivity contribution in [1.82, 2.24) is 14.5 Å². The number of nitrogens with zero attached hydrogens (tertiary/aromatic N) is 3. The molecular weight excluding hydrogens is 272 g/mol. The van der Waals surface area contributed by atoms with Crippen LogP contribution in [0.1, 0.15) is 23.6 Å². The van der Waals surface area contributed by atoms with Crippen LogP contribution in [0.2, 0.25) is 0 Å². The number of imidazole rings is 1. The van der Waals surface area contributed by atoms with Gasteiger partial charge in [0, 0.05) is 30.8 Å². The van der Waals surface area contributed by atoms with Crippen LogP contribution >= 0.6 is 0 Å². The second kappa shape index (κ2) is 6.43. The lowest BCUT2D eigenvalue weighted by atomic mass is 10.1. The number of benzene rings is 1. The fourth-order valence-corrected chi connectivity index (χ4v) is 2.54. The Bertz CT molecular complexity index is 730. The first-order chi connectivity index (χ1) is 10.8. The van der Waals surface area contributed by atoms with Gasteiger partial charge in [-0.15, -0.1) is 0 Å². The van der Waals surface area contributed by atoms with Gasteiger partial charge in [0.25, 0.3) is 0 Å². The molecular formula is C18H20N4. The average molecular weight is 292 g/mol. The molecule has 0 amide bonds. The van der Waals surface area contributed by atoms with Crippen molar-refractivity contribution in [1.29, 1.82) is 0 Å². The summed E-state index contributed by atoms with van der Waals surface area (Å²) in [6.45, 7) is 5.10. The fraction of sp³-hybridized carbons (Fsp3) is 0.222. The fourth-order valence-electron chi connectivity index (χ4n) is 2.54. The molecule has 112 valence electrons. The molecule has 4 heteroatoms. The summed E-state index contributed by atoms with van der Waals surface area (Å²) in [6, 6.07) is 10.5. The van der Waals surface area contributed by atoms with Crippen molar-refractivity contribution in [2.75, 3.05) is 5.32 Å². The standard InChI is InChI=1S/C18H20N4/c1-3-16-6-4-5-14(2)18(16)21-12-15-7-8-17(20-11-15)22-10-9-19-13-22/h4-11,13,21H,3,12H2,1-2H3. The number of aromatic nitrogens is 3. The lowest BCUT2D eigenvalue weighted by Gasteiger charge is -2.14. The first kappa shape index (κ1) is 14.3. The molecule has 1 N–H and O–H groups in total. The van der Waals surface area contributed by atoms with E-state index >= 15 is 0 Å². The summed E-state index contributed by atoms with van der Waals surface area (Å²) < 4.78 is 1.90. The van der Waals surface area contributed by atoms with Gasteiger partial charge in [0.05, 0.1) is 0 Å². The smallest absolute Gasteiger partial charge is 0.137 e. The highest BCUT2D eigenvalue weighted by molar-refractivity contribution is 5.57. The van der Waals surface area contributed by atoms with E-state index in [1.165, 1.54) is 16.8 Å². The molecule has 0 saturated carbocycles. The van der Waals surface area contributed by atoms with Gasteiger partial charge >= 0.3 is 0 Å². The summed E-state index contributed by atoms with van der Waals surface area (Å²) in [4.78, 5) is 8.52. The van der Waals surface area contributed by atoms with Gasteiger partial charge in [0.2, 0.25) is 0 Å². The molecule has 22 heavy (non-hydrogen) atoms. The molecule has 0 saturated heterocycles. The summed E-state index contributed by atoms with van der Waals surface area (Å²) in [5, 5.41) is 3.54. The van der Waals surface area contributed by atoms with E-state index in [1.54, 1.807) is 12.5 Å². The molecule has 3 aromatic rings. The van der Waals surface area contributed by atoms with Crippen LogP contribution in [0.4, 0.5) is 5.69 Å². The lowest BCUT2D eigenvalue weighted by molar-refractivity contribution is 0.977. The van der Waals surface area contributed by atoms with E-state index < -0.39 is 0 Å². The maximum absolute atomic E-state index is 4.48. The zero-order valence-corrected chi connectivity index (χ0v) is 13.0. The van der Waals surface area contributed by atoms with E-state index in [-0.39, 0.29) is 0 Å². The molecule has 3 rings (SSSR count). The zero-order chi connectivity index (χ0) is 15.4. The summed E-state index contributed by atoms with van der Waals surface area (Å²) in [5.74, 6) is 0.881. The zero-order valence-electron chi connectivity index (χ0n) is 13.0. The van der Waals surface area contributed by atoms with Gasteiger partial charge in [-0.05, 0) is 36.1 Å².